The van der Waals surface area contributed by atoms with Crippen LogP contribution in [-0.2, 0) is 21.3 Å². The molecule has 1 spiro atoms. The lowest BCUT2D eigenvalue weighted by Crippen LogP contribution is -2.49. The summed E-state index contributed by atoms with van der Waals surface area (Å²) in [5.41, 5.74) is 0.517. The molecule has 1 fully saturated rings. The number of benzene rings is 2. The van der Waals surface area contributed by atoms with Crippen molar-refractivity contribution in [2.24, 2.45) is 0 Å². The van der Waals surface area contributed by atoms with Gasteiger partial charge in [0.1, 0.15) is 16.2 Å². The third kappa shape index (κ3) is 3.87. The Morgan fingerprint density at radius 2 is 1.90 bits per heavy atom. The Morgan fingerprint density at radius 1 is 1.06 bits per heavy atom. The molecule has 1 saturated heterocycles. The van der Waals surface area contributed by atoms with Crippen LogP contribution in [0.25, 0.3) is 0 Å². The molecule has 0 aromatic heterocycles. The molecule has 0 unspecified atom stereocenters. The summed E-state index contributed by atoms with van der Waals surface area (Å²) in [5, 5.41) is 0. The second kappa shape index (κ2) is 7.98. The van der Waals surface area contributed by atoms with Gasteiger partial charge in [0.15, 0.2) is 11.5 Å². The zero-order chi connectivity index (χ0) is 21.5. The van der Waals surface area contributed by atoms with Crippen LogP contribution in [0.15, 0.2) is 47.4 Å². The number of nitrogens with zero attached hydrogens (tertiary/aromatic N) is 2. The van der Waals surface area contributed by atoms with Gasteiger partial charge < -0.3 is 18.9 Å². The molecule has 8 nitrogen and oxygen atoms in total. The standard InChI is InChI=1S/C22H26N2O6S/c1-27-11-10-24-15-22(30-19-4-2-3-5-21(19)31(24,25)26)8-9-23(14-22)13-17-6-7-18-20(12-17)29-16-28-18/h2-7,12H,8-11,13-16H2,1H3/t22-/m0/s1. The third-order valence-electron chi connectivity index (χ3n) is 6.04. The maximum absolute atomic E-state index is 13.3. The highest BCUT2D eigenvalue weighted by atomic mass is 32.2. The van der Waals surface area contributed by atoms with E-state index in [2.05, 4.69) is 4.90 Å². The molecular formula is C22H26N2O6S. The first-order valence-electron chi connectivity index (χ1n) is 10.4. The number of hydrogen-bond donors (Lipinski definition) is 0. The molecule has 0 saturated carbocycles. The molecule has 0 radical (unpaired) electrons. The molecule has 3 heterocycles. The molecule has 1 atom stereocenters. The maximum atomic E-state index is 13.3. The number of para-hydroxylation sites is 1. The molecule has 31 heavy (non-hydrogen) atoms. The second-order valence-electron chi connectivity index (χ2n) is 8.21. The summed E-state index contributed by atoms with van der Waals surface area (Å²) >= 11 is 0. The van der Waals surface area contributed by atoms with Gasteiger partial charge in [-0.3, -0.25) is 4.90 Å². The number of fused-ring (bicyclic) bond motifs is 2. The summed E-state index contributed by atoms with van der Waals surface area (Å²) in [6, 6.07) is 12.9. The van der Waals surface area contributed by atoms with Gasteiger partial charge in [-0.05, 0) is 29.8 Å². The maximum Gasteiger partial charge on any atom is 0.246 e. The van der Waals surface area contributed by atoms with Crippen LogP contribution in [0.5, 0.6) is 17.2 Å². The van der Waals surface area contributed by atoms with E-state index in [1.54, 1.807) is 25.3 Å². The van der Waals surface area contributed by atoms with Crippen molar-refractivity contribution in [1.82, 2.24) is 9.21 Å². The Bertz CT molecular complexity index is 1080. The molecule has 0 N–H and O–H groups in total. The van der Waals surface area contributed by atoms with Crippen LogP contribution in [0.3, 0.4) is 0 Å². The van der Waals surface area contributed by atoms with Gasteiger partial charge in [-0.25, -0.2) is 8.42 Å². The zero-order valence-corrected chi connectivity index (χ0v) is 18.3. The average Bonchev–Trinajstić information content (AvgIpc) is 3.36. The molecule has 5 rings (SSSR count). The largest absolute Gasteiger partial charge is 0.483 e. The number of rotatable bonds is 5. The Labute approximate surface area is 182 Å². The van der Waals surface area contributed by atoms with Crippen LogP contribution in [0.1, 0.15) is 12.0 Å². The second-order valence-corrected chi connectivity index (χ2v) is 10.1. The van der Waals surface area contributed by atoms with Gasteiger partial charge >= 0.3 is 0 Å². The zero-order valence-electron chi connectivity index (χ0n) is 17.5. The van der Waals surface area contributed by atoms with Gasteiger partial charge in [-0.2, -0.15) is 4.31 Å². The highest BCUT2D eigenvalue weighted by molar-refractivity contribution is 7.89. The van der Waals surface area contributed by atoms with E-state index in [-0.39, 0.29) is 11.7 Å². The molecule has 166 valence electrons. The van der Waals surface area contributed by atoms with Gasteiger partial charge in [0.25, 0.3) is 0 Å². The fraction of sp³-hybridized carbons (Fsp3) is 0.455. The van der Waals surface area contributed by atoms with Crippen molar-refractivity contribution in [3.8, 4) is 17.2 Å². The predicted octanol–water partition coefficient (Wildman–Crippen LogP) is 2.09. The van der Waals surface area contributed by atoms with E-state index in [0.29, 0.717) is 32.0 Å². The first-order chi connectivity index (χ1) is 15.0. The minimum atomic E-state index is -3.66. The highest BCUT2D eigenvalue weighted by Crippen LogP contribution is 2.39. The van der Waals surface area contributed by atoms with E-state index in [9.17, 15) is 8.42 Å². The quantitative estimate of drug-likeness (QED) is 0.696. The lowest BCUT2D eigenvalue weighted by molar-refractivity contribution is 0.0533. The Balaban J connectivity index is 1.40. The van der Waals surface area contributed by atoms with Crippen molar-refractivity contribution in [2.45, 2.75) is 23.5 Å². The molecule has 2 aromatic rings. The third-order valence-corrected chi connectivity index (χ3v) is 7.93. The Hall–Kier alpha value is -2.33. The summed E-state index contributed by atoms with van der Waals surface area (Å²) in [6.07, 6.45) is 0.741. The molecule has 0 bridgehead atoms. The van der Waals surface area contributed by atoms with Gasteiger partial charge in [0.05, 0.1) is 13.2 Å². The normalized spacial score (nSPS) is 24.7. The van der Waals surface area contributed by atoms with E-state index in [4.69, 9.17) is 18.9 Å². The topological polar surface area (TPSA) is 77.5 Å². The van der Waals surface area contributed by atoms with E-state index in [0.717, 1.165) is 36.6 Å². The van der Waals surface area contributed by atoms with Crippen LogP contribution in [0.4, 0.5) is 0 Å². The monoisotopic (exact) mass is 446 g/mol. The summed E-state index contributed by atoms with van der Waals surface area (Å²) in [5.74, 6) is 1.96. The lowest BCUT2D eigenvalue weighted by atomic mass is 10.0. The van der Waals surface area contributed by atoms with E-state index >= 15 is 0 Å². The Kier molecular flexibility index (Phi) is 5.29. The van der Waals surface area contributed by atoms with Crippen molar-refractivity contribution in [3.63, 3.8) is 0 Å². The van der Waals surface area contributed by atoms with Crippen LogP contribution in [0, 0.1) is 0 Å². The molecule has 9 heteroatoms. The van der Waals surface area contributed by atoms with Gasteiger partial charge in [-0.1, -0.05) is 18.2 Å². The van der Waals surface area contributed by atoms with Gasteiger partial charge in [-0.15, -0.1) is 0 Å². The van der Waals surface area contributed by atoms with Crippen LogP contribution in [0.2, 0.25) is 0 Å². The summed E-state index contributed by atoms with van der Waals surface area (Å²) in [6.45, 7) is 3.35. The molecule has 2 aromatic carbocycles. The molecular weight excluding hydrogens is 420 g/mol. The summed E-state index contributed by atoms with van der Waals surface area (Å²) in [4.78, 5) is 2.52. The molecule has 0 aliphatic carbocycles. The SMILES string of the molecule is COCCN1C[C@@]2(CCN(Cc3ccc4c(c3)OCO4)C2)Oc2ccccc2S1(=O)=O. The Morgan fingerprint density at radius 3 is 2.77 bits per heavy atom. The highest BCUT2D eigenvalue weighted by Gasteiger charge is 2.47. The minimum Gasteiger partial charge on any atom is -0.483 e. The first-order valence-corrected chi connectivity index (χ1v) is 11.8. The number of sulfonamides is 1. The van der Waals surface area contributed by atoms with Gasteiger partial charge in [0.2, 0.25) is 16.8 Å². The van der Waals surface area contributed by atoms with Crippen molar-refractivity contribution in [1.29, 1.82) is 0 Å². The van der Waals surface area contributed by atoms with Crippen LogP contribution < -0.4 is 14.2 Å². The van der Waals surface area contributed by atoms with Crippen LogP contribution in [-0.4, -0.2) is 69.9 Å². The smallest absolute Gasteiger partial charge is 0.246 e. The van der Waals surface area contributed by atoms with Crippen molar-refractivity contribution >= 4 is 10.0 Å². The first kappa shape index (κ1) is 20.6. The lowest BCUT2D eigenvalue weighted by Gasteiger charge is -2.32. The fourth-order valence-corrected chi connectivity index (χ4v) is 6.14. The summed E-state index contributed by atoms with van der Waals surface area (Å²) in [7, 11) is -2.08. The number of methoxy groups -OCH3 is 1. The number of hydrogen-bond acceptors (Lipinski definition) is 7. The van der Waals surface area contributed by atoms with Crippen LogP contribution >= 0.6 is 0 Å². The van der Waals surface area contributed by atoms with E-state index in [1.807, 2.05) is 24.3 Å². The van der Waals surface area contributed by atoms with Crippen molar-refractivity contribution < 1.29 is 27.4 Å². The summed E-state index contributed by atoms with van der Waals surface area (Å²) < 4.78 is 50.6. The van der Waals surface area contributed by atoms with Crippen molar-refractivity contribution in [3.05, 3.63) is 48.0 Å². The number of ether oxygens (including phenoxy) is 4. The predicted molar refractivity (Wildman–Crippen MR) is 113 cm³/mol. The molecule has 0 amide bonds. The molecule has 3 aliphatic rings. The number of likely N-dealkylation sites (tertiary alicyclic amines) is 1. The van der Waals surface area contributed by atoms with Crippen molar-refractivity contribution in [2.75, 3.05) is 46.7 Å². The van der Waals surface area contributed by atoms with Gasteiger partial charge in [0, 0.05) is 39.7 Å². The van der Waals surface area contributed by atoms with E-state index in [1.165, 1.54) is 4.31 Å². The minimum absolute atomic E-state index is 0.220. The van der Waals surface area contributed by atoms with E-state index < -0.39 is 15.6 Å². The molecule has 3 aliphatic heterocycles. The average molecular weight is 447 g/mol. The fourth-order valence-electron chi connectivity index (χ4n) is 4.52.